The number of carbonyl (C=O) groups is 1. The average Bonchev–Trinajstić information content (AvgIpc) is 3.01. The van der Waals surface area contributed by atoms with Crippen molar-refractivity contribution in [2.24, 2.45) is 0 Å². The lowest BCUT2D eigenvalue weighted by molar-refractivity contribution is 0.180. The molecule has 0 aliphatic carbocycles. The van der Waals surface area contributed by atoms with Gasteiger partial charge in [0.25, 0.3) is 5.56 Å². The highest BCUT2D eigenvalue weighted by Gasteiger charge is 2.20. The molecule has 3 aromatic rings. The van der Waals surface area contributed by atoms with Gasteiger partial charge >= 0.3 is 6.03 Å². The van der Waals surface area contributed by atoms with Crippen molar-refractivity contribution in [3.63, 3.8) is 0 Å². The van der Waals surface area contributed by atoms with E-state index < -0.39 is 6.03 Å². The third-order valence-electron chi connectivity index (χ3n) is 8.36. The van der Waals surface area contributed by atoms with Crippen LogP contribution in [0, 0.1) is 0 Å². The smallest absolute Gasteiger partial charge is 0.323 e. The third kappa shape index (κ3) is 8.23. The molecule has 4 rings (SSSR count). The number of carbonyl (C=O) groups excluding carboxylic acids is 1. The van der Waals surface area contributed by atoms with Gasteiger partial charge in [-0.05, 0) is 79.1 Å². The highest BCUT2D eigenvalue weighted by molar-refractivity contribution is 6.03. The van der Waals surface area contributed by atoms with Gasteiger partial charge in [-0.2, -0.15) is 0 Å². The zero-order valence-electron chi connectivity index (χ0n) is 27.4. The maximum absolute atomic E-state index is 13.8. The SMILES string of the molecule is CCCCn1ccc(-c2ccc(OC)c(OCCN3CCCCC3)c2)c(NC(=O)Nc2c(C(C)C)cccc2C(C)C)c1=O. The summed E-state index contributed by atoms with van der Waals surface area (Å²) in [5.41, 5.74) is 4.30. The molecular formula is C36H50N4O4. The number of aryl methyl sites for hydroxylation is 1. The number of ether oxygens (including phenoxy) is 2. The monoisotopic (exact) mass is 602 g/mol. The Morgan fingerprint density at radius 2 is 1.57 bits per heavy atom. The number of para-hydroxylation sites is 1. The first-order chi connectivity index (χ1) is 21.2. The highest BCUT2D eigenvalue weighted by atomic mass is 16.5. The summed E-state index contributed by atoms with van der Waals surface area (Å²) in [4.78, 5) is 29.9. The van der Waals surface area contributed by atoms with E-state index in [9.17, 15) is 9.59 Å². The molecule has 1 aliphatic rings. The number of methoxy groups -OCH3 is 1. The normalized spacial score (nSPS) is 13.7. The molecule has 1 aromatic heterocycles. The number of hydrogen-bond acceptors (Lipinski definition) is 5. The quantitative estimate of drug-likeness (QED) is 0.207. The Morgan fingerprint density at radius 3 is 2.20 bits per heavy atom. The van der Waals surface area contributed by atoms with Crippen LogP contribution in [0.15, 0.2) is 53.5 Å². The minimum atomic E-state index is -0.446. The second kappa shape index (κ2) is 15.8. The zero-order valence-corrected chi connectivity index (χ0v) is 27.4. The molecule has 0 atom stereocenters. The predicted octanol–water partition coefficient (Wildman–Crippen LogP) is 8.08. The maximum Gasteiger partial charge on any atom is 0.323 e. The molecule has 2 N–H and O–H groups in total. The van der Waals surface area contributed by atoms with Gasteiger partial charge in [0.15, 0.2) is 11.5 Å². The second-order valence-corrected chi connectivity index (χ2v) is 12.3. The fraction of sp³-hybridized carbons (Fsp3) is 0.500. The number of pyridine rings is 1. The zero-order chi connectivity index (χ0) is 31.6. The lowest BCUT2D eigenvalue weighted by atomic mass is 9.93. The Labute approximate surface area is 262 Å². The van der Waals surface area contributed by atoms with Gasteiger partial charge < -0.3 is 24.7 Å². The summed E-state index contributed by atoms with van der Waals surface area (Å²) in [6.07, 6.45) is 7.38. The first kappa shape index (κ1) is 33.1. The number of aromatic nitrogens is 1. The van der Waals surface area contributed by atoms with Crippen LogP contribution in [0.3, 0.4) is 0 Å². The number of likely N-dealkylation sites (tertiary alicyclic amines) is 1. The van der Waals surface area contributed by atoms with E-state index in [0.717, 1.165) is 54.9 Å². The minimum absolute atomic E-state index is 0.218. The molecule has 8 heteroatoms. The average molecular weight is 603 g/mol. The number of piperidine rings is 1. The van der Waals surface area contributed by atoms with Gasteiger partial charge in [0, 0.05) is 30.5 Å². The molecule has 1 fully saturated rings. The van der Waals surface area contributed by atoms with Crippen LogP contribution in [0.5, 0.6) is 11.5 Å². The number of nitrogens with one attached hydrogen (secondary N) is 2. The summed E-state index contributed by atoms with van der Waals surface area (Å²) in [5.74, 6) is 1.67. The van der Waals surface area contributed by atoms with E-state index in [4.69, 9.17) is 9.47 Å². The van der Waals surface area contributed by atoms with Crippen LogP contribution in [-0.2, 0) is 6.54 Å². The Hall–Kier alpha value is -3.78. The Bertz CT molecular complexity index is 1430. The Morgan fingerprint density at radius 1 is 0.886 bits per heavy atom. The molecule has 8 nitrogen and oxygen atoms in total. The molecule has 2 heterocycles. The molecule has 2 aromatic carbocycles. The van der Waals surface area contributed by atoms with E-state index in [1.54, 1.807) is 11.7 Å². The lowest BCUT2D eigenvalue weighted by Crippen LogP contribution is -2.33. The van der Waals surface area contributed by atoms with E-state index in [0.29, 0.717) is 30.2 Å². The van der Waals surface area contributed by atoms with Crippen molar-refractivity contribution < 1.29 is 14.3 Å². The number of unbranched alkanes of at least 4 members (excludes halogenated alkanes) is 1. The molecule has 0 saturated carbocycles. The van der Waals surface area contributed by atoms with Crippen molar-refractivity contribution in [3.05, 3.63) is 70.1 Å². The van der Waals surface area contributed by atoms with Gasteiger partial charge in [-0.3, -0.25) is 9.69 Å². The molecule has 2 amide bonds. The van der Waals surface area contributed by atoms with Crippen LogP contribution in [0.2, 0.25) is 0 Å². The highest BCUT2D eigenvalue weighted by Crippen LogP contribution is 2.36. The van der Waals surface area contributed by atoms with E-state index in [-0.39, 0.29) is 23.1 Å². The van der Waals surface area contributed by atoms with Gasteiger partial charge in [0.2, 0.25) is 0 Å². The number of anilines is 2. The molecule has 0 spiro atoms. The van der Waals surface area contributed by atoms with E-state index in [2.05, 4.69) is 50.2 Å². The fourth-order valence-corrected chi connectivity index (χ4v) is 5.82. The third-order valence-corrected chi connectivity index (χ3v) is 8.36. The molecule has 44 heavy (non-hydrogen) atoms. The topological polar surface area (TPSA) is 84.8 Å². The molecular weight excluding hydrogens is 552 g/mol. The summed E-state index contributed by atoms with van der Waals surface area (Å²) < 4.78 is 13.5. The molecule has 0 bridgehead atoms. The number of urea groups is 1. The summed E-state index contributed by atoms with van der Waals surface area (Å²) in [6, 6.07) is 13.2. The van der Waals surface area contributed by atoms with Crippen LogP contribution >= 0.6 is 0 Å². The fourth-order valence-electron chi connectivity index (χ4n) is 5.82. The van der Waals surface area contributed by atoms with E-state index in [1.807, 2.05) is 48.7 Å². The van der Waals surface area contributed by atoms with Crippen LogP contribution in [0.25, 0.3) is 11.1 Å². The number of rotatable bonds is 13. The van der Waals surface area contributed by atoms with Crippen molar-refractivity contribution in [3.8, 4) is 22.6 Å². The molecule has 1 saturated heterocycles. The van der Waals surface area contributed by atoms with Crippen molar-refractivity contribution in [1.82, 2.24) is 9.47 Å². The first-order valence-electron chi connectivity index (χ1n) is 16.2. The number of amides is 2. The van der Waals surface area contributed by atoms with E-state index >= 15 is 0 Å². The van der Waals surface area contributed by atoms with Gasteiger partial charge in [-0.15, -0.1) is 0 Å². The van der Waals surface area contributed by atoms with Gasteiger partial charge in [0.1, 0.15) is 12.3 Å². The van der Waals surface area contributed by atoms with Crippen molar-refractivity contribution in [2.75, 3.05) is 44.0 Å². The second-order valence-electron chi connectivity index (χ2n) is 12.3. The lowest BCUT2D eigenvalue weighted by Gasteiger charge is -2.26. The van der Waals surface area contributed by atoms with Crippen LogP contribution in [0.1, 0.15) is 89.7 Å². The summed E-state index contributed by atoms with van der Waals surface area (Å²) in [7, 11) is 1.62. The van der Waals surface area contributed by atoms with Gasteiger partial charge in [-0.25, -0.2) is 4.79 Å². The minimum Gasteiger partial charge on any atom is -0.493 e. The molecule has 0 radical (unpaired) electrons. The number of hydrogen-bond donors (Lipinski definition) is 2. The summed E-state index contributed by atoms with van der Waals surface area (Å²) in [6.45, 7) is 14.7. The van der Waals surface area contributed by atoms with Crippen LogP contribution in [0.4, 0.5) is 16.2 Å². The van der Waals surface area contributed by atoms with Crippen LogP contribution < -0.4 is 25.7 Å². The largest absolute Gasteiger partial charge is 0.493 e. The van der Waals surface area contributed by atoms with Crippen molar-refractivity contribution in [1.29, 1.82) is 0 Å². The number of nitrogens with zero attached hydrogens (tertiary/aromatic N) is 2. The summed E-state index contributed by atoms with van der Waals surface area (Å²) >= 11 is 0. The maximum atomic E-state index is 13.8. The summed E-state index contributed by atoms with van der Waals surface area (Å²) in [5, 5.41) is 6.05. The Balaban J connectivity index is 1.66. The van der Waals surface area contributed by atoms with Crippen molar-refractivity contribution >= 4 is 17.4 Å². The molecule has 0 unspecified atom stereocenters. The van der Waals surface area contributed by atoms with E-state index in [1.165, 1.54) is 19.3 Å². The van der Waals surface area contributed by atoms with Gasteiger partial charge in [0.05, 0.1) is 7.11 Å². The Kier molecular flexibility index (Phi) is 11.9. The molecule has 238 valence electrons. The predicted molar refractivity (Wildman–Crippen MR) is 181 cm³/mol. The van der Waals surface area contributed by atoms with Gasteiger partial charge in [-0.1, -0.05) is 71.7 Å². The van der Waals surface area contributed by atoms with Crippen LogP contribution in [-0.4, -0.2) is 48.8 Å². The van der Waals surface area contributed by atoms with Crippen molar-refractivity contribution in [2.45, 2.75) is 85.1 Å². The first-order valence-corrected chi connectivity index (χ1v) is 16.2. The molecule has 1 aliphatic heterocycles. The number of benzene rings is 2. The standard InChI is InChI=1S/C36H50N4O4/c1-7-8-20-40-21-17-30(27-15-16-31(43-6)32(24-27)44-23-22-39-18-10-9-11-19-39)34(35(40)41)38-36(42)37-33-28(25(2)3)13-12-14-29(33)26(4)5/h12-17,21,24-26H,7-11,18-20,22-23H2,1-6H3,(H2,37,38,42).